The zero-order chi connectivity index (χ0) is 12.2. The Labute approximate surface area is 104 Å². The fourth-order valence-corrected chi connectivity index (χ4v) is 20.6. The first kappa shape index (κ1) is 14.8. The summed E-state index contributed by atoms with van der Waals surface area (Å²) in [4.78, 5) is 10.5. The third-order valence-electron chi connectivity index (χ3n) is 2.65. The van der Waals surface area contributed by atoms with Gasteiger partial charge in [0.2, 0.25) is 0 Å². The standard InChI is InChI=1S/C8H24O4Si4/c1-5-7-15(4)10-6-8-16(9,12-15)13-11-14(2)3/h9,14H,5-8,13H2,1-4H3. The lowest BCUT2D eigenvalue weighted by Gasteiger charge is -2.40. The monoisotopic (exact) mass is 296 g/mol. The van der Waals surface area contributed by atoms with Gasteiger partial charge in [0.05, 0.1) is 0 Å². The summed E-state index contributed by atoms with van der Waals surface area (Å²) in [6, 6.07) is 1.70. The van der Waals surface area contributed by atoms with Crippen molar-refractivity contribution in [2.75, 3.05) is 6.61 Å². The molecular weight excluding hydrogens is 272 g/mol. The summed E-state index contributed by atoms with van der Waals surface area (Å²) in [5.41, 5.74) is 0. The molecule has 1 saturated heterocycles. The SMILES string of the molecule is CCC[Si]1(C)OCC[Si](O)([SiH2]O[SiH](C)C)O1. The van der Waals surface area contributed by atoms with Gasteiger partial charge in [-0.15, -0.1) is 0 Å². The van der Waals surface area contributed by atoms with Crippen molar-refractivity contribution >= 4 is 35.0 Å². The van der Waals surface area contributed by atoms with Crippen molar-refractivity contribution < 1.29 is 17.5 Å². The van der Waals surface area contributed by atoms with Crippen LogP contribution in [0.4, 0.5) is 0 Å². The molecule has 96 valence electrons. The Kier molecular flexibility index (Phi) is 5.58. The molecule has 0 radical (unpaired) electrons. The normalized spacial score (nSPS) is 36.4. The van der Waals surface area contributed by atoms with Gasteiger partial charge in [-0.05, 0) is 25.7 Å². The van der Waals surface area contributed by atoms with Crippen LogP contribution >= 0.6 is 0 Å². The van der Waals surface area contributed by atoms with E-state index in [9.17, 15) is 4.80 Å². The molecule has 0 aliphatic carbocycles. The molecule has 4 nitrogen and oxygen atoms in total. The first-order valence-electron chi connectivity index (χ1n) is 6.07. The molecule has 1 fully saturated rings. The maximum absolute atomic E-state index is 10.5. The van der Waals surface area contributed by atoms with E-state index >= 15 is 0 Å². The second kappa shape index (κ2) is 6.05. The maximum Gasteiger partial charge on any atom is 0.331 e. The second-order valence-electron chi connectivity index (χ2n) is 4.89. The third-order valence-corrected chi connectivity index (χ3v) is 18.1. The molecule has 1 rings (SSSR count). The minimum Gasteiger partial charge on any atom is -0.461 e. The van der Waals surface area contributed by atoms with Crippen LogP contribution in [0.3, 0.4) is 0 Å². The molecule has 1 N–H and O–H groups in total. The van der Waals surface area contributed by atoms with E-state index in [0.29, 0.717) is 12.7 Å². The molecule has 1 aliphatic rings. The van der Waals surface area contributed by atoms with E-state index in [4.69, 9.17) is 12.7 Å². The summed E-state index contributed by atoms with van der Waals surface area (Å²) in [6.45, 7) is 9.19. The highest BCUT2D eigenvalue weighted by Gasteiger charge is 2.48. The van der Waals surface area contributed by atoms with E-state index in [-0.39, 0.29) is 0 Å². The molecule has 0 aromatic heterocycles. The molecule has 1 heterocycles. The van der Waals surface area contributed by atoms with Crippen LogP contribution < -0.4 is 0 Å². The van der Waals surface area contributed by atoms with Crippen LogP contribution in [-0.2, 0) is 12.7 Å². The van der Waals surface area contributed by atoms with Crippen LogP contribution in [0.25, 0.3) is 0 Å². The minimum absolute atomic E-state index is 0.682. The summed E-state index contributed by atoms with van der Waals surface area (Å²) >= 11 is 0. The molecule has 2 unspecified atom stereocenters. The fourth-order valence-electron chi connectivity index (χ4n) is 1.88. The summed E-state index contributed by atoms with van der Waals surface area (Å²) in [6.07, 6.45) is 1.06. The number of rotatable bonds is 5. The minimum atomic E-state index is -2.48. The maximum atomic E-state index is 10.5. The highest BCUT2D eigenvalue weighted by molar-refractivity contribution is 7.18. The molecular formula is C8H24O4Si4. The molecule has 16 heavy (non-hydrogen) atoms. The number of hydrogen-bond donors (Lipinski definition) is 1. The van der Waals surface area contributed by atoms with Crippen molar-refractivity contribution in [1.82, 2.24) is 0 Å². The van der Waals surface area contributed by atoms with Gasteiger partial charge in [0.15, 0.2) is 18.3 Å². The Morgan fingerprint density at radius 1 is 1.50 bits per heavy atom. The lowest BCUT2D eigenvalue weighted by atomic mass is 10.6. The van der Waals surface area contributed by atoms with Crippen LogP contribution in [-0.4, -0.2) is 46.4 Å². The zero-order valence-corrected chi connectivity index (χ0v) is 15.4. The van der Waals surface area contributed by atoms with Gasteiger partial charge >= 0.3 is 16.6 Å². The van der Waals surface area contributed by atoms with Crippen molar-refractivity contribution in [2.24, 2.45) is 0 Å². The fraction of sp³-hybridized carbons (Fsp3) is 1.00. The van der Waals surface area contributed by atoms with E-state index in [1.165, 1.54) is 0 Å². The van der Waals surface area contributed by atoms with E-state index in [1.807, 2.05) is 0 Å². The van der Waals surface area contributed by atoms with Gasteiger partial charge in [-0.2, -0.15) is 0 Å². The summed E-state index contributed by atoms with van der Waals surface area (Å²) in [5.74, 6) is 0. The quantitative estimate of drug-likeness (QED) is 0.752. The van der Waals surface area contributed by atoms with Crippen LogP contribution in [0.1, 0.15) is 13.3 Å². The van der Waals surface area contributed by atoms with Gasteiger partial charge in [-0.1, -0.05) is 13.3 Å². The first-order valence-corrected chi connectivity index (χ1v) is 16.3. The summed E-state index contributed by atoms with van der Waals surface area (Å²) in [7, 11) is -6.43. The van der Waals surface area contributed by atoms with Crippen molar-refractivity contribution in [3.8, 4) is 0 Å². The first-order chi connectivity index (χ1) is 7.39. The molecule has 0 aromatic carbocycles. The average molecular weight is 297 g/mol. The van der Waals surface area contributed by atoms with Crippen LogP contribution in [0, 0.1) is 0 Å². The van der Waals surface area contributed by atoms with Crippen LogP contribution in [0.2, 0.25) is 31.7 Å². The van der Waals surface area contributed by atoms with E-state index in [0.717, 1.165) is 12.5 Å². The predicted octanol–water partition coefficient (Wildman–Crippen LogP) is 0.530. The van der Waals surface area contributed by atoms with Gasteiger partial charge in [-0.3, -0.25) is 0 Å². The van der Waals surface area contributed by atoms with Gasteiger partial charge in [0.25, 0.3) is 0 Å². The van der Waals surface area contributed by atoms with Crippen molar-refractivity contribution in [1.29, 1.82) is 0 Å². The molecule has 0 spiro atoms. The predicted molar refractivity (Wildman–Crippen MR) is 75.0 cm³/mol. The lowest BCUT2D eigenvalue weighted by molar-refractivity contribution is 0.196. The molecule has 0 aromatic rings. The smallest absolute Gasteiger partial charge is 0.331 e. The Morgan fingerprint density at radius 3 is 2.75 bits per heavy atom. The zero-order valence-electron chi connectivity index (χ0n) is 10.8. The molecule has 8 heteroatoms. The Balaban J connectivity index is 2.53. The van der Waals surface area contributed by atoms with Crippen LogP contribution in [0.5, 0.6) is 0 Å². The average Bonchev–Trinajstić information content (AvgIpc) is 2.14. The van der Waals surface area contributed by atoms with Crippen molar-refractivity contribution in [3.63, 3.8) is 0 Å². The van der Waals surface area contributed by atoms with Gasteiger partial charge in [0, 0.05) is 12.7 Å². The van der Waals surface area contributed by atoms with E-state index in [1.54, 1.807) is 0 Å². The molecule has 0 bridgehead atoms. The van der Waals surface area contributed by atoms with E-state index < -0.39 is 35.0 Å². The topological polar surface area (TPSA) is 47.9 Å². The molecule has 1 aliphatic heterocycles. The van der Waals surface area contributed by atoms with Crippen molar-refractivity contribution in [3.05, 3.63) is 0 Å². The highest BCUT2D eigenvalue weighted by Crippen LogP contribution is 2.27. The summed E-state index contributed by atoms with van der Waals surface area (Å²) < 4.78 is 17.6. The highest BCUT2D eigenvalue weighted by atomic mass is 29.2. The van der Waals surface area contributed by atoms with Gasteiger partial charge < -0.3 is 17.5 Å². The Hall–Kier alpha value is 0.708. The molecule has 2 atom stereocenters. The third kappa shape index (κ3) is 4.53. The van der Waals surface area contributed by atoms with E-state index in [2.05, 4.69) is 26.6 Å². The second-order valence-corrected chi connectivity index (χ2v) is 19.1. The van der Waals surface area contributed by atoms with Crippen molar-refractivity contribution in [2.45, 2.75) is 45.1 Å². The molecule has 0 saturated carbocycles. The Bertz CT molecular complexity index is 226. The Morgan fingerprint density at radius 2 is 2.19 bits per heavy atom. The largest absolute Gasteiger partial charge is 0.461 e. The lowest BCUT2D eigenvalue weighted by Crippen LogP contribution is -2.61. The van der Waals surface area contributed by atoms with Crippen LogP contribution in [0.15, 0.2) is 0 Å². The molecule has 0 amide bonds. The number of hydrogen-bond acceptors (Lipinski definition) is 4. The van der Waals surface area contributed by atoms with Gasteiger partial charge in [-0.25, -0.2) is 0 Å². The van der Waals surface area contributed by atoms with Gasteiger partial charge in [0.1, 0.15) is 0 Å². The summed E-state index contributed by atoms with van der Waals surface area (Å²) in [5, 5.41) is 0.